The first-order valence-electron chi connectivity index (χ1n) is 8.12. The standard InChI is InChI=1S/C16H31NO/c1-2-3-4-5-6-7-11-14-16(18)17-15-12-9-8-10-13-15/h15H,2-14H2,1H3,(H,17,18). The van der Waals surface area contributed by atoms with E-state index < -0.39 is 0 Å². The van der Waals surface area contributed by atoms with Crippen LogP contribution in [0.5, 0.6) is 0 Å². The van der Waals surface area contributed by atoms with Crippen LogP contribution in [0.4, 0.5) is 0 Å². The van der Waals surface area contributed by atoms with Gasteiger partial charge >= 0.3 is 0 Å². The second kappa shape index (κ2) is 10.4. The zero-order valence-electron chi connectivity index (χ0n) is 12.2. The van der Waals surface area contributed by atoms with E-state index in [2.05, 4.69) is 12.2 Å². The lowest BCUT2D eigenvalue weighted by Gasteiger charge is -2.22. The molecule has 0 spiro atoms. The molecule has 0 aliphatic heterocycles. The second-order valence-corrected chi connectivity index (χ2v) is 5.77. The van der Waals surface area contributed by atoms with E-state index in [1.807, 2.05) is 0 Å². The molecule has 1 saturated carbocycles. The summed E-state index contributed by atoms with van der Waals surface area (Å²) in [5.41, 5.74) is 0. The van der Waals surface area contributed by atoms with Gasteiger partial charge in [-0.05, 0) is 19.3 Å². The molecule has 18 heavy (non-hydrogen) atoms. The van der Waals surface area contributed by atoms with Crippen LogP contribution in [0.15, 0.2) is 0 Å². The van der Waals surface area contributed by atoms with Crippen molar-refractivity contribution in [2.24, 2.45) is 0 Å². The van der Waals surface area contributed by atoms with Crippen LogP contribution in [-0.2, 0) is 4.79 Å². The van der Waals surface area contributed by atoms with Gasteiger partial charge < -0.3 is 5.32 Å². The minimum absolute atomic E-state index is 0.287. The predicted molar refractivity (Wildman–Crippen MR) is 77.6 cm³/mol. The molecule has 0 aromatic carbocycles. The number of carbonyl (C=O) groups excluding carboxylic acids is 1. The molecular weight excluding hydrogens is 222 g/mol. The van der Waals surface area contributed by atoms with Crippen LogP contribution in [0, 0.1) is 0 Å². The van der Waals surface area contributed by atoms with Crippen molar-refractivity contribution < 1.29 is 4.79 Å². The molecule has 1 N–H and O–H groups in total. The van der Waals surface area contributed by atoms with E-state index in [0.29, 0.717) is 6.04 Å². The van der Waals surface area contributed by atoms with E-state index in [-0.39, 0.29) is 5.91 Å². The maximum Gasteiger partial charge on any atom is 0.220 e. The summed E-state index contributed by atoms with van der Waals surface area (Å²) in [4.78, 5) is 11.7. The third-order valence-electron chi connectivity index (χ3n) is 3.98. The Balaban J connectivity index is 1.90. The summed E-state index contributed by atoms with van der Waals surface area (Å²) < 4.78 is 0. The summed E-state index contributed by atoms with van der Waals surface area (Å²) in [6.45, 7) is 2.25. The number of hydrogen-bond acceptors (Lipinski definition) is 1. The minimum Gasteiger partial charge on any atom is -0.353 e. The van der Waals surface area contributed by atoms with E-state index >= 15 is 0 Å². The Labute approximate surface area is 113 Å². The molecule has 1 rings (SSSR count). The van der Waals surface area contributed by atoms with Crippen molar-refractivity contribution in [2.75, 3.05) is 0 Å². The quantitative estimate of drug-likeness (QED) is 0.599. The average Bonchev–Trinajstić information content (AvgIpc) is 2.39. The first kappa shape index (κ1) is 15.5. The number of nitrogens with one attached hydrogen (secondary N) is 1. The molecule has 0 heterocycles. The van der Waals surface area contributed by atoms with Crippen LogP contribution in [0.3, 0.4) is 0 Å². The summed E-state index contributed by atoms with van der Waals surface area (Å²) in [7, 11) is 0. The number of rotatable bonds is 9. The van der Waals surface area contributed by atoms with E-state index in [9.17, 15) is 4.79 Å². The van der Waals surface area contributed by atoms with Gasteiger partial charge in [-0.2, -0.15) is 0 Å². The lowest BCUT2D eigenvalue weighted by atomic mass is 9.95. The Morgan fingerprint density at radius 2 is 1.56 bits per heavy atom. The van der Waals surface area contributed by atoms with Crippen molar-refractivity contribution in [2.45, 2.75) is 96.4 Å². The maximum absolute atomic E-state index is 11.7. The van der Waals surface area contributed by atoms with Gasteiger partial charge in [0.2, 0.25) is 5.91 Å². The number of carbonyl (C=O) groups is 1. The summed E-state index contributed by atoms with van der Waals surface area (Å²) >= 11 is 0. The molecule has 1 aliphatic rings. The average molecular weight is 253 g/mol. The fourth-order valence-corrected chi connectivity index (χ4v) is 2.79. The van der Waals surface area contributed by atoms with Gasteiger partial charge in [-0.1, -0.05) is 64.7 Å². The van der Waals surface area contributed by atoms with Crippen LogP contribution < -0.4 is 5.32 Å². The Morgan fingerprint density at radius 1 is 0.944 bits per heavy atom. The fourth-order valence-electron chi connectivity index (χ4n) is 2.79. The molecule has 0 atom stereocenters. The van der Waals surface area contributed by atoms with E-state index in [1.54, 1.807) is 0 Å². The molecule has 2 heteroatoms. The summed E-state index contributed by atoms with van der Waals surface area (Å²) in [5.74, 6) is 0.287. The highest BCUT2D eigenvalue weighted by Crippen LogP contribution is 2.17. The Kier molecular flexibility index (Phi) is 8.97. The minimum atomic E-state index is 0.287. The van der Waals surface area contributed by atoms with E-state index in [0.717, 1.165) is 12.8 Å². The zero-order chi connectivity index (χ0) is 13.1. The molecule has 0 aromatic heterocycles. The number of unbranched alkanes of at least 4 members (excludes halogenated alkanes) is 6. The molecule has 1 aliphatic carbocycles. The zero-order valence-corrected chi connectivity index (χ0v) is 12.2. The van der Waals surface area contributed by atoms with Crippen molar-refractivity contribution in [3.05, 3.63) is 0 Å². The van der Waals surface area contributed by atoms with Crippen LogP contribution in [0.25, 0.3) is 0 Å². The van der Waals surface area contributed by atoms with Gasteiger partial charge in [0.05, 0.1) is 0 Å². The van der Waals surface area contributed by atoms with Crippen molar-refractivity contribution >= 4 is 5.91 Å². The molecule has 0 unspecified atom stereocenters. The molecule has 0 aromatic rings. The number of hydrogen-bond donors (Lipinski definition) is 1. The Hall–Kier alpha value is -0.530. The molecule has 106 valence electrons. The van der Waals surface area contributed by atoms with Crippen LogP contribution in [-0.4, -0.2) is 11.9 Å². The third-order valence-corrected chi connectivity index (χ3v) is 3.98. The topological polar surface area (TPSA) is 29.1 Å². The van der Waals surface area contributed by atoms with Crippen LogP contribution >= 0.6 is 0 Å². The van der Waals surface area contributed by atoms with Gasteiger partial charge in [0.1, 0.15) is 0 Å². The van der Waals surface area contributed by atoms with Gasteiger partial charge in [0.25, 0.3) is 0 Å². The highest BCUT2D eigenvalue weighted by Gasteiger charge is 2.14. The van der Waals surface area contributed by atoms with Gasteiger partial charge in [0.15, 0.2) is 0 Å². The van der Waals surface area contributed by atoms with E-state index in [4.69, 9.17) is 0 Å². The molecule has 0 radical (unpaired) electrons. The van der Waals surface area contributed by atoms with Gasteiger partial charge in [-0.15, -0.1) is 0 Å². The summed E-state index contributed by atoms with van der Waals surface area (Å²) in [6, 6.07) is 0.482. The highest BCUT2D eigenvalue weighted by molar-refractivity contribution is 5.76. The molecule has 2 nitrogen and oxygen atoms in total. The fraction of sp³-hybridized carbons (Fsp3) is 0.938. The lowest BCUT2D eigenvalue weighted by Crippen LogP contribution is -2.35. The first-order valence-corrected chi connectivity index (χ1v) is 8.12. The maximum atomic E-state index is 11.7. The molecule has 0 bridgehead atoms. The van der Waals surface area contributed by atoms with E-state index in [1.165, 1.54) is 70.6 Å². The van der Waals surface area contributed by atoms with Crippen LogP contribution in [0.2, 0.25) is 0 Å². The molecule has 1 fully saturated rings. The normalized spacial score (nSPS) is 16.7. The molecule has 1 amide bonds. The largest absolute Gasteiger partial charge is 0.353 e. The summed E-state index contributed by atoms with van der Waals surface area (Å²) in [5, 5.41) is 3.19. The SMILES string of the molecule is CCCCCCCCCC(=O)NC1CCCCC1. The molecule has 0 saturated heterocycles. The van der Waals surface area contributed by atoms with Gasteiger partial charge in [-0.25, -0.2) is 0 Å². The van der Waals surface area contributed by atoms with Crippen molar-refractivity contribution in [3.63, 3.8) is 0 Å². The van der Waals surface area contributed by atoms with Gasteiger partial charge in [0, 0.05) is 12.5 Å². The Morgan fingerprint density at radius 3 is 2.22 bits per heavy atom. The van der Waals surface area contributed by atoms with Gasteiger partial charge in [-0.3, -0.25) is 4.79 Å². The summed E-state index contributed by atoms with van der Waals surface area (Å²) in [6.07, 6.45) is 16.1. The van der Waals surface area contributed by atoms with Crippen molar-refractivity contribution in [3.8, 4) is 0 Å². The Bertz CT molecular complexity index is 209. The smallest absolute Gasteiger partial charge is 0.220 e. The van der Waals surface area contributed by atoms with Crippen molar-refractivity contribution in [1.29, 1.82) is 0 Å². The monoisotopic (exact) mass is 253 g/mol. The molecular formula is C16H31NO. The first-order chi connectivity index (χ1) is 8.83. The highest BCUT2D eigenvalue weighted by atomic mass is 16.1. The number of amides is 1. The predicted octanol–water partition coefficient (Wildman–Crippen LogP) is 4.58. The second-order valence-electron chi connectivity index (χ2n) is 5.77. The van der Waals surface area contributed by atoms with Crippen molar-refractivity contribution in [1.82, 2.24) is 5.32 Å². The van der Waals surface area contributed by atoms with Crippen LogP contribution in [0.1, 0.15) is 90.4 Å². The third kappa shape index (κ3) is 7.73. The lowest BCUT2D eigenvalue weighted by molar-refractivity contribution is -0.122.